The molecule has 3 aliphatic rings. The van der Waals surface area contributed by atoms with Gasteiger partial charge in [0.05, 0.1) is 17.9 Å². The monoisotopic (exact) mass is 645 g/mol. The number of ether oxygens (including phenoxy) is 3. The number of amides is 3. The van der Waals surface area contributed by atoms with Crippen LogP contribution in [0.4, 0.5) is 25.9 Å². The molecule has 2 aromatic heterocycles. The topological polar surface area (TPSA) is 141 Å². The van der Waals surface area contributed by atoms with Gasteiger partial charge in [-0.3, -0.25) is 15.1 Å². The summed E-state index contributed by atoms with van der Waals surface area (Å²) in [5, 5.41) is 7.42. The second-order valence-corrected chi connectivity index (χ2v) is 14.9. The van der Waals surface area contributed by atoms with Gasteiger partial charge in [-0.05, 0) is 97.9 Å². The van der Waals surface area contributed by atoms with Crippen LogP contribution in [0.3, 0.4) is 0 Å². The molecular weight excluding hydrogens is 602 g/mol. The van der Waals surface area contributed by atoms with Crippen molar-refractivity contribution in [1.82, 2.24) is 24.6 Å². The Morgan fingerprint density at radius 3 is 2.36 bits per heavy atom. The van der Waals surface area contributed by atoms with E-state index in [1.165, 1.54) is 6.33 Å². The van der Waals surface area contributed by atoms with Crippen LogP contribution in [-0.2, 0) is 34.3 Å². The molecule has 0 unspecified atom stereocenters. The van der Waals surface area contributed by atoms with Crippen molar-refractivity contribution in [1.29, 1.82) is 0 Å². The van der Waals surface area contributed by atoms with E-state index >= 15 is 0 Å². The largest absolute Gasteiger partial charge is 0.444 e. The number of anilines is 2. The van der Waals surface area contributed by atoms with E-state index in [1.54, 1.807) is 42.7 Å². The number of hydrogen-bond donors (Lipinski definition) is 1. The van der Waals surface area contributed by atoms with Crippen molar-refractivity contribution in [3.8, 4) is 11.6 Å². The smallest absolute Gasteiger partial charge is 0.437 e. The van der Waals surface area contributed by atoms with E-state index in [2.05, 4.69) is 27.3 Å². The van der Waals surface area contributed by atoms with Crippen LogP contribution < -0.4 is 15.0 Å². The minimum Gasteiger partial charge on any atom is -0.444 e. The second kappa shape index (κ2) is 11.5. The maximum atomic E-state index is 13.6. The highest BCUT2D eigenvalue weighted by atomic mass is 16.6. The van der Waals surface area contributed by atoms with Crippen LogP contribution >= 0.6 is 0 Å². The molecule has 1 aliphatic carbocycles. The Kier molecular flexibility index (Phi) is 7.92. The number of urea groups is 1. The van der Waals surface area contributed by atoms with Crippen LogP contribution in [0.25, 0.3) is 0 Å². The van der Waals surface area contributed by atoms with Crippen molar-refractivity contribution >= 4 is 29.7 Å². The number of aromatic nitrogens is 4. The highest BCUT2D eigenvalue weighted by Gasteiger charge is 2.43. The van der Waals surface area contributed by atoms with Crippen molar-refractivity contribution in [2.45, 2.75) is 110 Å². The number of nitrogens with one attached hydrogen (secondary N) is 1. The van der Waals surface area contributed by atoms with Gasteiger partial charge in [-0.1, -0.05) is 6.92 Å². The maximum absolute atomic E-state index is 13.6. The van der Waals surface area contributed by atoms with Gasteiger partial charge in [0, 0.05) is 35.3 Å². The van der Waals surface area contributed by atoms with Crippen molar-refractivity contribution in [2.24, 2.45) is 0 Å². The first-order chi connectivity index (χ1) is 22.0. The van der Waals surface area contributed by atoms with Crippen molar-refractivity contribution in [3.05, 3.63) is 53.1 Å². The molecule has 1 atom stereocenters. The third-order valence-electron chi connectivity index (χ3n) is 8.51. The summed E-state index contributed by atoms with van der Waals surface area (Å²) in [5.74, 6) is 1.29. The average Bonchev–Trinajstić information content (AvgIpc) is 3.37. The summed E-state index contributed by atoms with van der Waals surface area (Å²) in [4.78, 5) is 51.5. The van der Waals surface area contributed by atoms with Gasteiger partial charge < -0.3 is 14.2 Å². The van der Waals surface area contributed by atoms with E-state index in [0.29, 0.717) is 43.3 Å². The zero-order chi connectivity index (χ0) is 33.9. The quantitative estimate of drug-likeness (QED) is 0.333. The molecule has 0 bridgehead atoms. The third-order valence-corrected chi connectivity index (χ3v) is 8.51. The van der Waals surface area contributed by atoms with Crippen LogP contribution in [0.5, 0.6) is 11.6 Å². The van der Waals surface area contributed by atoms with Gasteiger partial charge in [-0.2, -0.15) is 5.10 Å². The van der Waals surface area contributed by atoms with E-state index in [-0.39, 0.29) is 29.4 Å². The van der Waals surface area contributed by atoms with Gasteiger partial charge in [0.25, 0.3) is 0 Å². The van der Waals surface area contributed by atoms with E-state index in [0.717, 1.165) is 40.0 Å². The van der Waals surface area contributed by atoms with Crippen LogP contribution in [-0.4, -0.2) is 66.7 Å². The summed E-state index contributed by atoms with van der Waals surface area (Å²) < 4.78 is 18.6. The molecule has 6 rings (SSSR count). The Morgan fingerprint density at radius 1 is 0.979 bits per heavy atom. The van der Waals surface area contributed by atoms with Gasteiger partial charge >= 0.3 is 18.2 Å². The number of carbonyl (C=O) groups excluding carboxylic acids is 3. The molecule has 3 amide bonds. The van der Waals surface area contributed by atoms with Crippen molar-refractivity contribution in [3.63, 3.8) is 0 Å². The van der Waals surface area contributed by atoms with E-state index < -0.39 is 17.3 Å². The lowest BCUT2D eigenvalue weighted by Crippen LogP contribution is -2.45. The molecule has 4 heterocycles. The first-order valence-electron chi connectivity index (χ1n) is 16.1. The predicted molar refractivity (Wildman–Crippen MR) is 174 cm³/mol. The molecule has 0 spiro atoms. The number of rotatable bonds is 4. The van der Waals surface area contributed by atoms with Crippen LogP contribution in [0, 0.1) is 0 Å². The SMILES string of the molecule is C[C@H]1Cc2c(ncnc2Oc2ccc3c(c2)CCN3C(=O)Nc2cc(C3(C)CC3)nn2C(=O)OC(C)(C)C)CN1C(=O)OC(C)(C)C. The van der Waals surface area contributed by atoms with Gasteiger partial charge in [0.1, 0.15) is 29.1 Å². The first-order valence-corrected chi connectivity index (χ1v) is 16.1. The fourth-order valence-electron chi connectivity index (χ4n) is 5.74. The minimum absolute atomic E-state index is 0.109. The molecule has 0 radical (unpaired) electrons. The van der Waals surface area contributed by atoms with E-state index in [9.17, 15) is 14.4 Å². The fraction of sp³-hybridized carbons (Fsp3) is 0.529. The lowest BCUT2D eigenvalue weighted by atomic mass is 10.00. The normalized spacial score (nSPS) is 18.3. The molecular formula is C34H43N7O6. The van der Waals surface area contributed by atoms with Crippen LogP contribution in [0.15, 0.2) is 30.6 Å². The molecule has 0 saturated heterocycles. The Balaban J connectivity index is 1.17. The van der Waals surface area contributed by atoms with Gasteiger partial charge in [0.2, 0.25) is 5.88 Å². The zero-order valence-electron chi connectivity index (χ0n) is 28.3. The number of benzene rings is 1. The molecule has 13 nitrogen and oxygen atoms in total. The summed E-state index contributed by atoms with van der Waals surface area (Å²) in [5.41, 5.74) is 2.58. The van der Waals surface area contributed by atoms with Crippen molar-refractivity contribution < 1.29 is 28.6 Å². The molecule has 47 heavy (non-hydrogen) atoms. The Morgan fingerprint density at radius 2 is 1.68 bits per heavy atom. The average molecular weight is 646 g/mol. The molecule has 1 fully saturated rings. The van der Waals surface area contributed by atoms with Gasteiger partial charge in [0.15, 0.2) is 0 Å². The highest BCUT2D eigenvalue weighted by molar-refractivity contribution is 6.03. The minimum atomic E-state index is -0.717. The second-order valence-electron chi connectivity index (χ2n) is 14.9. The van der Waals surface area contributed by atoms with Crippen LogP contribution in [0.1, 0.15) is 90.7 Å². The Labute approximate surface area is 274 Å². The fourth-order valence-corrected chi connectivity index (χ4v) is 5.74. The summed E-state index contributed by atoms with van der Waals surface area (Å²) in [6.45, 7) is 15.7. The lowest BCUT2D eigenvalue weighted by Gasteiger charge is -2.35. The van der Waals surface area contributed by atoms with E-state index in [4.69, 9.17) is 14.2 Å². The summed E-state index contributed by atoms with van der Waals surface area (Å²) in [7, 11) is 0. The van der Waals surface area contributed by atoms with Gasteiger partial charge in [-0.25, -0.2) is 24.4 Å². The third kappa shape index (κ3) is 6.89. The Hall–Kier alpha value is -4.68. The molecule has 13 heteroatoms. The van der Waals surface area contributed by atoms with Crippen LogP contribution in [0.2, 0.25) is 0 Å². The number of hydrogen-bond acceptors (Lipinski definition) is 9. The standard InChI is InChI=1S/C34H43N7O6/c1-20-15-23-24(18-40(20)30(43)46-32(2,3)4)35-19-36-28(23)45-22-9-10-25-21(16-22)11-14-39(25)29(42)37-27-17-26(34(8)12-13-34)38-41(27)31(44)47-33(5,6)7/h9-10,16-17,19-20H,11-15,18H2,1-8H3,(H,37,42)/t20-/m0/s1. The highest BCUT2D eigenvalue weighted by Crippen LogP contribution is 2.47. The van der Waals surface area contributed by atoms with Gasteiger partial charge in [-0.15, -0.1) is 4.68 Å². The molecule has 1 saturated carbocycles. The zero-order valence-corrected chi connectivity index (χ0v) is 28.3. The molecule has 1 N–H and O–H groups in total. The van der Waals surface area contributed by atoms with Crippen molar-refractivity contribution in [2.75, 3.05) is 16.8 Å². The maximum Gasteiger partial charge on any atom is 0.437 e. The number of fused-ring (bicyclic) bond motifs is 2. The summed E-state index contributed by atoms with van der Waals surface area (Å²) >= 11 is 0. The molecule has 250 valence electrons. The predicted octanol–water partition coefficient (Wildman–Crippen LogP) is 6.58. The van der Waals surface area contributed by atoms with E-state index in [1.807, 2.05) is 39.8 Å². The Bertz CT molecular complexity index is 1730. The number of carbonyl (C=O) groups is 3. The molecule has 2 aliphatic heterocycles. The lowest BCUT2D eigenvalue weighted by molar-refractivity contribution is 0.0132. The molecule has 1 aromatic carbocycles. The summed E-state index contributed by atoms with van der Waals surface area (Å²) in [6.07, 6.45) is 3.49. The first kappa shape index (κ1) is 32.3. The summed E-state index contributed by atoms with van der Waals surface area (Å²) in [6, 6.07) is 6.82. The molecule has 3 aromatic rings. The number of nitrogens with zero attached hydrogens (tertiary/aromatic N) is 6.